The van der Waals surface area contributed by atoms with Gasteiger partial charge in [-0.05, 0) is 31.4 Å². The maximum Gasteiger partial charge on any atom is 0.238 e. The van der Waals surface area contributed by atoms with Crippen molar-refractivity contribution in [3.05, 3.63) is 30.3 Å². The minimum absolute atomic E-state index is 0.185. The average Bonchev–Trinajstić information content (AvgIpc) is 3.02. The van der Waals surface area contributed by atoms with Crippen molar-refractivity contribution in [2.24, 2.45) is 0 Å². The third-order valence-corrected chi connectivity index (χ3v) is 5.39. The highest BCUT2D eigenvalue weighted by molar-refractivity contribution is 7.88. The summed E-state index contributed by atoms with van der Waals surface area (Å²) in [6, 6.07) is 9.51. The first kappa shape index (κ1) is 17.7. The second-order valence-corrected chi connectivity index (χ2v) is 7.87. The Kier molecular flexibility index (Phi) is 6.01. The number of hydrogen-bond donors (Lipinski definition) is 1. The SMILES string of the molecule is CN(CCCNC(=O)[C@H]1CCCN1S(C)(=O)=O)c1ccccc1. The molecule has 1 atom stereocenters. The zero-order valence-corrected chi connectivity index (χ0v) is 14.6. The Balaban J connectivity index is 1.75. The quantitative estimate of drug-likeness (QED) is 0.754. The first-order chi connectivity index (χ1) is 10.9. The molecule has 128 valence electrons. The van der Waals surface area contributed by atoms with E-state index in [2.05, 4.69) is 10.2 Å². The molecule has 0 radical (unpaired) electrons. The van der Waals surface area contributed by atoms with E-state index in [9.17, 15) is 13.2 Å². The molecule has 1 saturated heterocycles. The Morgan fingerprint density at radius 3 is 2.70 bits per heavy atom. The molecular weight excluding hydrogens is 314 g/mol. The number of nitrogens with one attached hydrogen (secondary N) is 1. The summed E-state index contributed by atoms with van der Waals surface area (Å²) >= 11 is 0. The van der Waals surface area contributed by atoms with E-state index in [0.717, 1.165) is 31.3 Å². The van der Waals surface area contributed by atoms with Crippen molar-refractivity contribution in [1.29, 1.82) is 0 Å². The van der Waals surface area contributed by atoms with E-state index in [1.165, 1.54) is 4.31 Å². The number of para-hydroxylation sites is 1. The van der Waals surface area contributed by atoms with Crippen molar-refractivity contribution in [3.63, 3.8) is 0 Å². The van der Waals surface area contributed by atoms with Crippen molar-refractivity contribution in [1.82, 2.24) is 9.62 Å². The molecule has 0 aliphatic carbocycles. The number of nitrogens with zero attached hydrogens (tertiary/aromatic N) is 2. The van der Waals surface area contributed by atoms with E-state index in [4.69, 9.17) is 0 Å². The minimum Gasteiger partial charge on any atom is -0.375 e. The molecule has 1 aliphatic rings. The molecule has 0 bridgehead atoms. The van der Waals surface area contributed by atoms with Crippen LogP contribution in [-0.4, -0.2) is 57.6 Å². The van der Waals surface area contributed by atoms with Gasteiger partial charge in [-0.15, -0.1) is 0 Å². The zero-order valence-electron chi connectivity index (χ0n) is 13.7. The van der Waals surface area contributed by atoms with Gasteiger partial charge in [0.15, 0.2) is 0 Å². The summed E-state index contributed by atoms with van der Waals surface area (Å²) in [7, 11) is -1.30. The molecule has 0 spiro atoms. The molecule has 1 aromatic carbocycles. The number of carbonyl (C=O) groups excluding carboxylic acids is 1. The van der Waals surface area contributed by atoms with Crippen LogP contribution in [0.5, 0.6) is 0 Å². The summed E-state index contributed by atoms with van der Waals surface area (Å²) in [6.45, 7) is 1.81. The fourth-order valence-corrected chi connectivity index (χ4v) is 3.98. The molecule has 1 aromatic rings. The Hall–Kier alpha value is -1.60. The lowest BCUT2D eigenvalue weighted by Gasteiger charge is -2.22. The first-order valence-corrected chi connectivity index (χ1v) is 9.75. The highest BCUT2D eigenvalue weighted by atomic mass is 32.2. The van der Waals surface area contributed by atoms with Crippen LogP contribution in [-0.2, 0) is 14.8 Å². The van der Waals surface area contributed by atoms with E-state index >= 15 is 0 Å². The summed E-state index contributed by atoms with van der Waals surface area (Å²) in [5, 5.41) is 2.86. The van der Waals surface area contributed by atoms with Crippen LogP contribution in [0.25, 0.3) is 0 Å². The molecule has 2 rings (SSSR count). The van der Waals surface area contributed by atoms with Crippen molar-refractivity contribution in [3.8, 4) is 0 Å². The van der Waals surface area contributed by atoms with Crippen molar-refractivity contribution < 1.29 is 13.2 Å². The molecule has 1 fully saturated rings. The van der Waals surface area contributed by atoms with Crippen molar-refractivity contribution in [2.45, 2.75) is 25.3 Å². The maximum atomic E-state index is 12.2. The topological polar surface area (TPSA) is 69.7 Å². The summed E-state index contributed by atoms with van der Waals surface area (Å²) < 4.78 is 24.6. The highest BCUT2D eigenvalue weighted by Crippen LogP contribution is 2.20. The van der Waals surface area contributed by atoms with Gasteiger partial charge in [0.25, 0.3) is 0 Å². The molecule has 1 N–H and O–H groups in total. The molecule has 6 nitrogen and oxygen atoms in total. The number of amides is 1. The van der Waals surface area contributed by atoms with Crippen LogP contribution >= 0.6 is 0 Å². The monoisotopic (exact) mass is 339 g/mol. The maximum absolute atomic E-state index is 12.2. The van der Waals surface area contributed by atoms with Gasteiger partial charge in [0.05, 0.1) is 6.26 Å². The first-order valence-electron chi connectivity index (χ1n) is 7.90. The Bertz CT molecular complexity index is 619. The molecule has 0 saturated carbocycles. The molecular formula is C16H25N3O3S. The molecule has 23 heavy (non-hydrogen) atoms. The zero-order chi connectivity index (χ0) is 16.9. The van der Waals surface area contributed by atoms with Gasteiger partial charge in [0, 0.05) is 32.4 Å². The van der Waals surface area contributed by atoms with Gasteiger partial charge in [-0.2, -0.15) is 4.31 Å². The van der Waals surface area contributed by atoms with Gasteiger partial charge in [0.2, 0.25) is 15.9 Å². The van der Waals surface area contributed by atoms with Gasteiger partial charge in [-0.1, -0.05) is 18.2 Å². The van der Waals surface area contributed by atoms with Crippen LogP contribution in [0.3, 0.4) is 0 Å². The largest absolute Gasteiger partial charge is 0.375 e. The third-order valence-electron chi connectivity index (χ3n) is 4.10. The number of sulfonamides is 1. The lowest BCUT2D eigenvalue weighted by Crippen LogP contribution is -2.45. The number of anilines is 1. The molecule has 0 unspecified atom stereocenters. The molecule has 1 heterocycles. The molecule has 1 amide bonds. The van der Waals surface area contributed by atoms with Gasteiger partial charge >= 0.3 is 0 Å². The Morgan fingerprint density at radius 2 is 2.04 bits per heavy atom. The van der Waals surface area contributed by atoms with Crippen LogP contribution in [0.4, 0.5) is 5.69 Å². The van der Waals surface area contributed by atoms with Crippen LogP contribution in [0, 0.1) is 0 Å². The summed E-state index contributed by atoms with van der Waals surface area (Å²) in [6.07, 6.45) is 3.31. The Labute approximate surface area is 138 Å². The second kappa shape index (κ2) is 7.79. The van der Waals surface area contributed by atoms with Gasteiger partial charge in [-0.3, -0.25) is 4.79 Å². The standard InChI is InChI=1S/C16H25N3O3S/c1-18(14-8-4-3-5-9-14)12-7-11-17-16(20)15-10-6-13-19(15)23(2,21)22/h3-5,8-9,15H,6-7,10-13H2,1-2H3,(H,17,20)/t15-/m1/s1. The lowest BCUT2D eigenvalue weighted by molar-refractivity contribution is -0.124. The number of benzene rings is 1. The smallest absolute Gasteiger partial charge is 0.238 e. The van der Waals surface area contributed by atoms with E-state index in [1.807, 2.05) is 37.4 Å². The average molecular weight is 339 g/mol. The van der Waals surface area contributed by atoms with E-state index < -0.39 is 16.1 Å². The van der Waals surface area contributed by atoms with E-state index in [-0.39, 0.29) is 5.91 Å². The van der Waals surface area contributed by atoms with Gasteiger partial charge in [0.1, 0.15) is 6.04 Å². The van der Waals surface area contributed by atoms with Crippen LogP contribution in [0.15, 0.2) is 30.3 Å². The van der Waals surface area contributed by atoms with E-state index in [1.54, 1.807) is 0 Å². The summed E-state index contributed by atoms with van der Waals surface area (Å²) in [4.78, 5) is 14.3. The minimum atomic E-state index is -3.31. The summed E-state index contributed by atoms with van der Waals surface area (Å²) in [5.74, 6) is -0.185. The fraction of sp³-hybridized carbons (Fsp3) is 0.562. The van der Waals surface area contributed by atoms with Crippen molar-refractivity contribution >= 4 is 21.6 Å². The van der Waals surface area contributed by atoms with E-state index in [0.29, 0.717) is 19.5 Å². The predicted octanol–water partition coefficient (Wildman–Crippen LogP) is 1.05. The third kappa shape index (κ3) is 4.94. The molecule has 7 heteroatoms. The lowest BCUT2D eigenvalue weighted by atomic mass is 10.2. The Morgan fingerprint density at radius 1 is 1.35 bits per heavy atom. The normalized spacial score (nSPS) is 18.8. The fourth-order valence-electron chi connectivity index (χ4n) is 2.86. The summed E-state index contributed by atoms with van der Waals surface area (Å²) in [5.41, 5.74) is 1.14. The van der Waals surface area contributed by atoms with Crippen LogP contribution < -0.4 is 10.2 Å². The van der Waals surface area contributed by atoms with Gasteiger partial charge in [-0.25, -0.2) is 8.42 Å². The molecule has 0 aromatic heterocycles. The van der Waals surface area contributed by atoms with Crippen LogP contribution in [0.1, 0.15) is 19.3 Å². The number of hydrogen-bond acceptors (Lipinski definition) is 4. The predicted molar refractivity (Wildman–Crippen MR) is 91.9 cm³/mol. The van der Waals surface area contributed by atoms with Crippen molar-refractivity contribution in [2.75, 3.05) is 37.8 Å². The molecule has 1 aliphatic heterocycles. The number of rotatable bonds is 7. The van der Waals surface area contributed by atoms with Gasteiger partial charge < -0.3 is 10.2 Å². The van der Waals surface area contributed by atoms with Crippen LogP contribution in [0.2, 0.25) is 0 Å². The highest BCUT2D eigenvalue weighted by Gasteiger charge is 2.36. The number of carbonyl (C=O) groups is 1. The second-order valence-electron chi connectivity index (χ2n) is 5.93.